The number of hydrogen-bond donors (Lipinski definition) is 3. The van der Waals surface area contributed by atoms with Crippen LogP contribution in [-0.4, -0.2) is 6.04 Å². The SMILES string of the molecule is Nc1ccc(NC2CCC2)cc1N. The van der Waals surface area contributed by atoms with Gasteiger partial charge in [-0.05, 0) is 37.5 Å². The molecule has 0 spiro atoms. The molecule has 0 aliphatic heterocycles. The van der Waals surface area contributed by atoms with Gasteiger partial charge in [-0.1, -0.05) is 0 Å². The molecule has 0 radical (unpaired) electrons. The number of anilines is 3. The van der Waals surface area contributed by atoms with Crippen LogP contribution in [0.1, 0.15) is 19.3 Å². The molecule has 0 saturated heterocycles. The molecule has 0 amide bonds. The van der Waals surface area contributed by atoms with Crippen molar-refractivity contribution in [2.24, 2.45) is 0 Å². The van der Waals surface area contributed by atoms with E-state index in [1.807, 2.05) is 18.2 Å². The third kappa shape index (κ3) is 1.69. The average Bonchev–Trinajstić information content (AvgIpc) is 2.04. The van der Waals surface area contributed by atoms with Crippen molar-refractivity contribution in [3.05, 3.63) is 18.2 Å². The number of nitrogens with two attached hydrogens (primary N) is 2. The van der Waals surface area contributed by atoms with E-state index in [1.165, 1.54) is 19.3 Å². The van der Waals surface area contributed by atoms with Crippen LogP contribution in [0.4, 0.5) is 17.1 Å². The molecule has 1 aromatic carbocycles. The molecule has 1 saturated carbocycles. The summed E-state index contributed by atoms with van der Waals surface area (Å²) in [5, 5.41) is 3.41. The number of rotatable bonds is 2. The van der Waals surface area contributed by atoms with Crippen LogP contribution in [0.15, 0.2) is 18.2 Å². The van der Waals surface area contributed by atoms with Gasteiger partial charge in [0, 0.05) is 11.7 Å². The van der Waals surface area contributed by atoms with Crippen LogP contribution in [0.2, 0.25) is 0 Å². The number of nitrogens with one attached hydrogen (secondary N) is 1. The lowest BCUT2D eigenvalue weighted by atomic mass is 9.93. The Hall–Kier alpha value is -1.38. The summed E-state index contributed by atoms with van der Waals surface area (Å²) in [6, 6.07) is 6.36. The summed E-state index contributed by atoms with van der Waals surface area (Å²) >= 11 is 0. The van der Waals surface area contributed by atoms with Gasteiger partial charge in [0.2, 0.25) is 0 Å². The van der Waals surface area contributed by atoms with E-state index in [9.17, 15) is 0 Å². The van der Waals surface area contributed by atoms with Crippen molar-refractivity contribution < 1.29 is 0 Å². The highest BCUT2D eigenvalue weighted by Crippen LogP contribution is 2.25. The Labute approximate surface area is 78.1 Å². The smallest absolute Gasteiger partial charge is 0.0568 e. The van der Waals surface area contributed by atoms with E-state index in [0.29, 0.717) is 17.4 Å². The Morgan fingerprint density at radius 2 is 1.92 bits per heavy atom. The van der Waals surface area contributed by atoms with Crippen LogP contribution in [0, 0.1) is 0 Å². The first-order valence-electron chi connectivity index (χ1n) is 4.67. The monoisotopic (exact) mass is 177 g/mol. The summed E-state index contributed by atoms with van der Waals surface area (Å²) in [4.78, 5) is 0. The van der Waals surface area contributed by atoms with Gasteiger partial charge >= 0.3 is 0 Å². The summed E-state index contributed by atoms with van der Waals surface area (Å²) in [5.41, 5.74) is 13.7. The van der Waals surface area contributed by atoms with Crippen molar-refractivity contribution in [3.63, 3.8) is 0 Å². The van der Waals surface area contributed by atoms with Crippen LogP contribution in [0.3, 0.4) is 0 Å². The molecule has 2 rings (SSSR count). The molecule has 1 aromatic rings. The maximum absolute atomic E-state index is 5.69. The molecule has 3 heteroatoms. The largest absolute Gasteiger partial charge is 0.397 e. The van der Waals surface area contributed by atoms with Crippen molar-refractivity contribution in [3.8, 4) is 0 Å². The maximum Gasteiger partial charge on any atom is 0.0568 e. The molecular formula is C10H15N3. The fraction of sp³-hybridized carbons (Fsp3) is 0.400. The van der Waals surface area contributed by atoms with Crippen molar-refractivity contribution >= 4 is 17.1 Å². The highest BCUT2D eigenvalue weighted by atomic mass is 14.9. The lowest BCUT2D eigenvalue weighted by Gasteiger charge is -2.27. The van der Waals surface area contributed by atoms with E-state index < -0.39 is 0 Å². The first-order valence-corrected chi connectivity index (χ1v) is 4.67. The van der Waals surface area contributed by atoms with Crippen LogP contribution >= 0.6 is 0 Å². The van der Waals surface area contributed by atoms with Crippen LogP contribution in [0.5, 0.6) is 0 Å². The zero-order valence-electron chi connectivity index (χ0n) is 7.59. The predicted molar refractivity (Wildman–Crippen MR) is 56.5 cm³/mol. The predicted octanol–water partition coefficient (Wildman–Crippen LogP) is 1.82. The number of nitrogen functional groups attached to an aromatic ring is 2. The molecule has 0 heterocycles. The molecule has 0 unspecified atom stereocenters. The third-order valence-electron chi connectivity index (χ3n) is 2.56. The van der Waals surface area contributed by atoms with Crippen LogP contribution in [0.25, 0.3) is 0 Å². The highest BCUT2D eigenvalue weighted by Gasteiger charge is 2.16. The molecule has 0 aromatic heterocycles. The average molecular weight is 177 g/mol. The van der Waals surface area contributed by atoms with E-state index >= 15 is 0 Å². The first kappa shape index (κ1) is 8.23. The fourth-order valence-electron chi connectivity index (χ4n) is 1.45. The number of hydrogen-bond acceptors (Lipinski definition) is 3. The molecule has 13 heavy (non-hydrogen) atoms. The zero-order chi connectivity index (χ0) is 9.26. The maximum atomic E-state index is 5.69. The van der Waals surface area contributed by atoms with E-state index in [1.54, 1.807) is 0 Å². The molecule has 1 aliphatic rings. The Bertz CT molecular complexity index is 305. The summed E-state index contributed by atoms with van der Waals surface area (Å²) < 4.78 is 0. The minimum Gasteiger partial charge on any atom is -0.397 e. The van der Waals surface area contributed by atoms with E-state index in [4.69, 9.17) is 11.5 Å². The minimum atomic E-state index is 0.642. The second-order valence-electron chi connectivity index (χ2n) is 3.62. The normalized spacial score (nSPS) is 16.6. The Balaban J connectivity index is 2.07. The highest BCUT2D eigenvalue weighted by molar-refractivity contribution is 5.69. The minimum absolute atomic E-state index is 0.642. The summed E-state index contributed by atoms with van der Waals surface area (Å²) in [6.45, 7) is 0. The lowest BCUT2D eigenvalue weighted by Crippen LogP contribution is -2.26. The molecular weight excluding hydrogens is 162 g/mol. The molecule has 0 atom stereocenters. The van der Waals surface area contributed by atoms with Gasteiger partial charge in [0.05, 0.1) is 11.4 Å². The van der Waals surface area contributed by atoms with Gasteiger partial charge in [-0.25, -0.2) is 0 Å². The molecule has 0 bridgehead atoms. The third-order valence-corrected chi connectivity index (χ3v) is 2.56. The van der Waals surface area contributed by atoms with E-state index in [2.05, 4.69) is 5.32 Å². The lowest BCUT2D eigenvalue weighted by molar-refractivity contribution is 0.445. The quantitative estimate of drug-likeness (QED) is 0.604. The van der Waals surface area contributed by atoms with Gasteiger partial charge in [0.1, 0.15) is 0 Å². The topological polar surface area (TPSA) is 64.1 Å². The van der Waals surface area contributed by atoms with Gasteiger partial charge < -0.3 is 16.8 Å². The molecule has 1 fully saturated rings. The van der Waals surface area contributed by atoms with Crippen LogP contribution in [-0.2, 0) is 0 Å². The first-order chi connectivity index (χ1) is 6.25. The summed E-state index contributed by atoms with van der Waals surface area (Å²) in [7, 11) is 0. The van der Waals surface area contributed by atoms with Gasteiger partial charge in [-0.2, -0.15) is 0 Å². The fourth-order valence-corrected chi connectivity index (χ4v) is 1.45. The van der Waals surface area contributed by atoms with Gasteiger partial charge in [0.15, 0.2) is 0 Å². The molecule has 5 N–H and O–H groups in total. The molecule has 3 nitrogen and oxygen atoms in total. The van der Waals surface area contributed by atoms with Crippen molar-refractivity contribution in [2.75, 3.05) is 16.8 Å². The zero-order valence-corrected chi connectivity index (χ0v) is 7.59. The van der Waals surface area contributed by atoms with Crippen LogP contribution < -0.4 is 16.8 Å². The standard InChI is InChI=1S/C10H15N3/c11-9-5-4-8(6-10(9)12)13-7-2-1-3-7/h4-7,13H,1-3,11-12H2. The van der Waals surface area contributed by atoms with Crippen molar-refractivity contribution in [1.29, 1.82) is 0 Å². The molecule has 70 valence electrons. The Kier molecular flexibility index (Phi) is 2.00. The van der Waals surface area contributed by atoms with Gasteiger partial charge in [0.25, 0.3) is 0 Å². The van der Waals surface area contributed by atoms with Crippen molar-refractivity contribution in [1.82, 2.24) is 0 Å². The second-order valence-corrected chi connectivity index (χ2v) is 3.62. The van der Waals surface area contributed by atoms with Crippen molar-refractivity contribution in [2.45, 2.75) is 25.3 Å². The molecule has 1 aliphatic carbocycles. The summed E-state index contributed by atoms with van der Waals surface area (Å²) in [6.07, 6.45) is 3.87. The summed E-state index contributed by atoms with van der Waals surface area (Å²) in [5.74, 6) is 0. The Morgan fingerprint density at radius 1 is 1.15 bits per heavy atom. The Morgan fingerprint density at radius 3 is 2.46 bits per heavy atom. The number of benzene rings is 1. The van der Waals surface area contributed by atoms with Gasteiger partial charge in [-0.15, -0.1) is 0 Å². The van der Waals surface area contributed by atoms with E-state index in [-0.39, 0.29) is 0 Å². The second kappa shape index (κ2) is 3.17. The van der Waals surface area contributed by atoms with Gasteiger partial charge in [-0.3, -0.25) is 0 Å². The van der Waals surface area contributed by atoms with E-state index in [0.717, 1.165) is 5.69 Å².